The van der Waals surface area contributed by atoms with Crippen LogP contribution >= 0.6 is 22.6 Å². The van der Waals surface area contributed by atoms with E-state index in [1.54, 1.807) is 18.6 Å². The number of nitrogens with zero attached hydrogens (tertiary/aromatic N) is 1. The molecule has 140 valence electrons. The summed E-state index contributed by atoms with van der Waals surface area (Å²) in [6.07, 6.45) is 0. The molecule has 3 rings (SSSR count). The predicted molar refractivity (Wildman–Crippen MR) is 114 cm³/mol. The number of para-hydroxylation sites is 1. The molecule has 0 aliphatic carbocycles. The molecule has 0 fully saturated rings. The normalized spacial score (nSPS) is 10.8. The van der Waals surface area contributed by atoms with Crippen molar-refractivity contribution in [1.29, 1.82) is 0 Å². The van der Waals surface area contributed by atoms with Gasteiger partial charge >= 0.3 is 5.97 Å². The summed E-state index contributed by atoms with van der Waals surface area (Å²) < 4.78 is 12.5. The zero-order valence-corrected chi connectivity index (χ0v) is 17.4. The van der Waals surface area contributed by atoms with Crippen LogP contribution < -0.4 is 10.3 Å². The Kier molecular flexibility index (Phi) is 6.15. The second kappa shape index (κ2) is 8.56. The monoisotopic (exact) mass is 477 g/mol. The van der Waals surface area contributed by atoms with E-state index in [4.69, 9.17) is 9.47 Å². The van der Waals surface area contributed by atoms with Gasteiger partial charge in [-0.2, -0.15) is 0 Å². The van der Waals surface area contributed by atoms with Crippen LogP contribution in [-0.2, 0) is 15.7 Å². The van der Waals surface area contributed by atoms with E-state index in [0.717, 1.165) is 27.8 Å². The van der Waals surface area contributed by atoms with E-state index in [0.29, 0.717) is 11.0 Å². The Balaban J connectivity index is 2.22. The van der Waals surface area contributed by atoms with Gasteiger partial charge in [-0.25, -0.2) is 4.79 Å². The third-order valence-corrected chi connectivity index (χ3v) is 5.16. The van der Waals surface area contributed by atoms with E-state index in [2.05, 4.69) is 22.6 Å². The molecule has 0 aliphatic heterocycles. The molecule has 0 bridgehead atoms. The number of hydrogen-bond acceptors (Lipinski definition) is 4. The number of hydrogen-bond donors (Lipinski definition) is 0. The topological polar surface area (TPSA) is 57.5 Å². The van der Waals surface area contributed by atoms with Crippen LogP contribution in [0, 0.1) is 0 Å². The van der Waals surface area contributed by atoms with E-state index < -0.39 is 5.97 Å². The smallest absolute Gasteiger partial charge is 0.344 e. The number of benzene rings is 2. The molecule has 1 aromatic heterocycles. The lowest BCUT2D eigenvalue weighted by atomic mass is 10.0. The van der Waals surface area contributed by atoms with Gasteiger partial charge in [-0.15, -0.1) is 0 Å². The molecule has 0 unspecified atom stereocenters. The number of alkyl halides is 1. The van der Waals surface area contributed by atoms with Gasteiger partial charge in [0.15, 0.2) is 0 Å². The van der Waals surface area contributed by atoms with Crippen molar-refractivity contribution < 1.29 is 14.3 Å². The van der Waals surface area contributed by atoms with Crippen LogP contribution in [0.2, 0.25) is 0 Å². The summed E-state index contributed by atoms with van der Waals surface area (Å²) in [5, 5.41) is 0.892. The van der Waals surface area contributed by atoms with E-state index in [1.165, 1.54) is 0 Å². The van der Waals surface area contributed by atoms with Crippen LogP contribution in [0.25, 0.3) is 10.9 Å². The van der Waals surface area contributed by atoms with Crippen molar-refractivity contribution in [3.05, 3.63) is 75.6 Å². The lowest BCUT2D eigenvalue weighted by Gasteiger charge is -2.16. The second-order valence-corrected chi connectivity index (χ2v) is 6.73. The number of carbonyl (C=O) groups excluding carboxylic acids is 1. The molecule has 0 spiro atoms. The fourth-order valence-electron chi connectivity index (χ4n) is 3.10. The molecule has 0 aliphatic rings. The minimum Gasteiger partial charge on any atom is -0.497 e. The molecular formula is C21H20INO4. The van der Waals surface area contributed by atoms with Gasteiger partial charge in [0, 0.05) is 9.81 Å². The van der Waals surface area contributed by atoms with Gasteiger partial charge in [0.2, 0.25) is 0 Å². The number of fused-ring (bicyclic) bond motifs is 1. The third kappa shape index (κ3) is 3.85. The molecule has 0 atom stereocenters. The standard InChI is InChI=1S/C21H20INO4/c1-3-27-21(25)19-17(12-22)16-6-4-5-7-18(16)23(20(19)24)13-14-8-10-15(26-2)11-9-14/h4-11H,3,12-13H2,1-2H3. The van der Waals surface area contributed by atoms with Crippen molar-refractivity contribution >= 4 is 39.5 Å². The van der Waals surface area contributed by atoms with Gasteiger partial charge in [-0.1, -0.05) is 52.9 Å². The Morgan fingerprint density at radius 2 is 1.81 bits per heavy atom. The van der Waals surface area contributed by atoms with Crippen LogP contribution in [0.15, 0.2) is 53.3 Å². The SMILES string of the molecule is CCOC(=O)c1c(CI)c2ccccc2n(Cc2ccc(OC)cc2)c1=O. The maximum Gasteiger partial charge on any atom is 0.344 e. The van der Waals surface area contributed by atoms with E-state index in [1.807, 2.05) is 48.5 Å². The van der Waals surface area contributed by atoms with Crippen LogP contribution in [-0.4, -0.2) is 24.3 Å². The lowest BCUT2D eigenvalue weighted by Crippen LogP contribution is -2.30. The minimum atomic E-state index is -0.566. The summed E-state index contributed by atoms with van der Waals surface area (Å²) in [4.78, 5) is 25.8. The van der Waals surface area contributed by atoms with Crippen LogP contribution in [0.1, 0.15) is 28.4 Å². The molecule has 1 heterocycles. The van der Waals surface area contributed by atoms with Gasteiger partial charge in [0.25, 0.3) is 5.56 Å². The highest BCUT2D eigenvalue weighted by molar-refractivity contribution is 14.1. The molecule has 0 amide bonds. The molecule has 2 aromatic carbocycles. The first kappa shape index (κ1) is 19.4. The number of ether oxygens (including phenoxy) is 2. The van der Waals surface area contributed by atoms with E-state index in [-0.39, 0.29) is 17.7 Å². The van der Waals surface area contributed by atoms with Crippen molar-refractivity contribution in [3.63, 3.8) is 0 Å². The third-order valence-electron chi connectivity index (χ3n) is 4.39. The average Bonchev–Trinajstić information content (AvgIpc) is 2.70. The number of carbonyl (C=O) groups is 1. The highest BCUT2D eigenvalue weighted by Crippen LogP contribution is 2.24. The zero-order chi connectivity index (χ0) is 19.4. The number of pyridine rings is 1. The van der Waals surface area contributed by atoms with E-state index in [9.17, 15) is 9.59 Å². The Morgan fingerprint density at radius 1 is 1.11 bits per heavy atom. The molecule has 6 heteroatoms. The quantitative estimate of drug-likeness (QED) is 0.304. The Bertz CT molecular complexity index is 1020. The van der Waals surface area contributed by atoms with Crippen LogP contribution in [0.3, 0.4) is 0 Å². The Labute approximate surface area is 171 Å². The Morgan fingerprint density at radius 3 is 2.44 bits per heavy atom. The summed E-state index contributed by atoms with van der Waals surface area (Å²) >= 11 is 2.18. The summed E-state index contributed by atoms with van der Waals surface area (Å²) in [7, 11) is 1.61. The zero-order valence-electron chi connectivity index (χ0n) is 15.2. The fourth-order valence-corrected chi connectivity index (χ4v) is 3.89. The Hall–Kier alpha value is -2.35. The van der Waals surface area contributed by atoms with Crippen LogP contribution in [0.5, 0.6) is 5.75 Å². The van der Waals surface area contributed by atoms with Crippen LogP contribution in [0.4, 0.5) is 0 Å². The second-order valence-electron chi connectivity index (χ2n) is 5.96. The summed E-state index contributed by atoms with van der Waals surface area (Å²) in [6.45, 7) is 2.32. The van der Waals surface area contributed by atoms with Crippen molar-refractivity contribution in [2.45, 2.75) is 17.9 Å². The minimum absolute atomic E-state index is 0.124. The molecular weight excluding hydrogens is 457 g/mol. The maximum absolute atomic E-state index is 13.2. The summed E-state index contributed by atoms with van der Waals surface area (Å²) in [5.74, 6) is 0.187. The van der Waals surface area contributed by atoms with Gasteiger partial charge in [0.05, 0.1) is 25.8 Å². The molecule has 0 saturated heterocycles. The van der Waals surface area contributed by atoms with Crippen molar-refractivity contribution in [2.75, 3.05) is 13.7 Å². The number of aromatic nitrogens is 1. The first-order chi connectivity index (χ1) is 13.1. The van der Waals surface area contributed by atoms with Crippen molar-refractivity contribution in [2.24, 2.45) is 0 Å². The van der Waals surface area contributed by atoms with Gasteiger partial charge in [-0.05, 0) is 36.2 Å². The van der Waals surface area contributed by atoms with Gasteiger partial charge < -0.3 is 14.0 Å². The summed E-state index contributed by atoms with van der Waals surface area (Å²) in [6, 6.07) is 15.2. The molecule has 0 radical (unpaired) electrons. The average molecular weight is 477 g/mol. The molecule has 0 N–H and O–H groups in total. The number of halogens is 1. The first-order valence-electron chi connectivity index (χ1n) is 8.61. The molecule has 5 nitrogen and oxygen atoms in total. The highest BCUT2D eigenvalue weighted by atomic mass is 127. The van der Waals surface area contributed by atoms with Crippen molar-refractivity contribution in [3.8, 4) is 5.75 Å². The maximum atomic E-state index is 13.2. The highest BCUT2D eigenvalue weighted by Gasteiger charge is 2.22. The fraction of sp³-hybridized carbons (Fsp3) is 0.238. The van der Waals surface area contributed by atoms with Crippen molar-refractivity contribution in [1.82, 2.24) is 4.57 Å². The van der Waals surface area contributed by atoms with E-state index >= 15 is 0 Å². The largest absolute Gasteiger partial charge is 0.497 e. The van der Waals surface area contributed by atoms with Gasteiger partial charge in [-0.3, -0.25) is 4.79 Å². The number of esters is 1. The predicted octanol–water partition coefficient (Wildman–Crippen LogP) is 4.17. The number of methoxy groups -OCH3 is 1. The molecule has 27 heavy (non-hydrogen) atoms. The lowest BCUT2D eigenvalue weighted by molar-refractivity contribution is 0.0523. The number of rotatable bonds is 6. The molecule has 3 aromatic rings. The summed E-state index contributed by atoms with van der Waals surface area (Å²) in [5.41, 5.74) is 2.27. The van der Waals surface area contributed by atoms with Gasteiger partial charge in [0.1, 0.15) is 11.3 Å². The first-order valence-corrected chi connectivity index (χ1v) is 10.1. The molecule has 0 saturated carbocycles.